The van der Waals surface area contributed by atoms with E-state index in [0.717, 1.165) is 43.4 Å². The van der Waals surface area contributed by atoms with Gasteiger partial charge in [0.2, 0.25) is 5.91 Å². The van der Waals surface area contributed by atoms with Crippen LogP contribution in [-0.2, 0) is 10.2 Å². The molecular formula is C24H28N2O3. The summed E-state index contributed by atoms with van der Waals surface area (Å²) in [5.74, 6) is 1.35. The highest BCUT2D eigenvalue weighted by molar-refractivity contribution is 6.00. The number of nitrogens with one attached hydrogen (secondary N) is 1. The van der Waals surface area contributed by atoms with E-state index in [2.05, 4.69) is 11.4 Å². The third-order valence-corrected chi connectivity index (χ3v) is 5.81. The molecule has 0 bridgehead atoms. The maximum atomic E-state index is 13.4. The van der Waals surface area contributed by atoms with Crippen molar-refractivity contribution in [3.63, 3.8) is 0 Å². The van der Waals surface area contributed by atoms with E-state index in [-0.39, 0.29) is 12.0 Å². The molecular weight excluding hydrogens is 364 g/mol. The summed E-state index contributed by atoms with van der Waals surface area (Å²) < 4.78 is 11.1. The molecule has 0 aliphatic heterocycles. The predicted octanol–water partition coefficient (Wildman–Crippen LogP) is 5.19. The van der Waals surface area contributed by atoms with Gasteiger partial charge in [0, 0.05) is 6.07 Å². The van der Waals surface area contributed by atoms with Gasteiger partial charge in [-0.2, -0.15) is 5.26 Å². The van der Waals surface area contributed by atoms with Crippen LogP contribution in [0.3, 0.4) is 0 Å². The van der Waals surface area contributed by atoms with Crippen molar-refractivity contribution in [2.45, 2.75) is 57.5 Å². The van der Waals surface area contributed by atoms with E-state index in [9.17, 15) is 10.1 Å². The van der Waals surface area contributed by atoms with Gasteiger partial charge in [-0.25, -0.2) is 0 Å². The molecule has 0 heterocycles. The largest absolute Gasteiger partial charge is 0.497 e. The number of benzene rings is 2. The number of rotatable bonds is 7. The summed E-state index contributed by atoms with van der Waals surface area (Å²) in [6.07, 6.45) is 4.55. The molecule has 0 saturated heterocycles. The van der Waals surface area contributed by atoms with Crippen LogP contribution in [0.25, 0.3) is 0 Å². The zero-order chi connectivity index (χ0) is 20.9. The quantitative estimate of drug-likeness (QED) is 0.703. The van der Waals surface area contributed by atoms with Crippen LogP contribution >= 0.6 is 0 Å². The third-order valence-electron chi connectivity index (χ3n) is 5.81. The first kappa shape index (κ1) is 20.7. The second-order valence-corrected chi connectivity index (χ2v) is 7.63. The molecule has 152 valence electrons. The second kappa shape index (κ2) is 9.00. The Hall–Kier alpha value is -3.00. The molecule has 0 spiro atoms. The van der Waals surface area contributed by atoms with Crippen LogP contribution in [0.1, 0.15) is 57.1 Å². The van der Waals surface area contributed by atoms with Crippen LogP contribution in [0.15, 0.2) is 42.5 Å². The number of hydrogen-bond acceptors (Lipinski definition) is 4. The number of anilines is 1. The van der Waals surface area contributed by atoms with E-state index < -0.39 is 5.41 Å². The van der Waals surface area contributed by atoms with Crippen molar-refractivity contribution in [3.8, 4) is 17.6 Å². The summed E-state index contributed by atoms with van der Waals surface area (Å²) >= 11 is 0. The monoisotopic (exact) mass is 392 g/mol. The van der Waals surface area contributed by atoms with Crippen LogP contribution in [0.2, 0.25) is 0 Å². The fourth-order valence-corrected chi connectivity index (χ4v) is 3.89. The molecule has 0 aromatic heterocycles. The first-order valence-corrected chi connectivity index (χ1v) is 10.2. The van der Waals surface area contributed by atoms with Gasteiger partial charge in [0.25, 0.3) is 0 Å². The summed E-state index contributed by atoms with van der Waals surface area (Å²) in [6.45, 7) is 4.03. The molecule has 0 unspecified atom stereocenters. The maximum absolute atomic E-state index is 13.4. The average molecular weight is 392 g/mol. The number of nitriles is 1. The first-order chi connectivity index (χ1) is 14.0. The van der Waals surface area contributed by atoms with E-state index >= 15 is 0 Å². The number of nitrogens with zero attached hydrogens (tertiary/aromatic N) is 1. The highest BCUT2D eigenvalue weighted by Crippen LogP contribution is 2.42. The molecule has 1 aliphatic rings. The fourth-order valence-electron chi connectivity index (χ4n) is 3.89. The average Bonchev–Trinajstić information content (AvgIpc) is 3.26. The van der Waals surface area contributed by atoms with Crippen molar-refractivity contribution in [1.29, 1.82) is 5.26 Å². The molecule has 1 aliphatic carbocycles. The minimum atomic E-state index is -0.578. The van der Waals surface area contributed by atoms with E-state index in [1.165, 1.54) is 0 Å². The Bertz CT molecular complexity index is 893. The lowest BCUT2D eigenvalue weighted by molar-refractivity contribution is -0.121. The van der Waals surface area contributed by atoms with Crippen LogP contribution in [0, 0.1) is 11.3 Å². The van der Waals surface area contributed by atoms with Crippen molar-refractivity contribution in [3.05, 3.63) is 53.6 Å². The number of ether oxygens (including phenoxy) is 2. The lowest BCUT2D eigenvalue weighted by Crippen LogP contribution is -2.38. The summed E-state index contributed by atoms with van der Waals surface area (Å²) in [6, 6.07) is 15.2. The smallest absolute Gasteiger partial charge is 0.235 e. The minimum absolute atomic E-state index is 0.0627. The number of amides is 1. The van der Waals surface area contributed by atoms with Crippen LogP contribution in [0.4, 0.5) is 5.69 Å². The Morgan fingerprint density at radius 3 is 2.41 bits per heavy atom. The van der Waals surface area contributed by atoms with E-state index in [4.69, 9.17) is 9.47 Å². The number of methoxy groups -OCH3 is 1. The molecule has 5 nitrogen and oxygen atoms in total. The molecule has 0 radical (unpaired) electrons. The van der Waals surface area contributed by atoms with E-state index in [0.29, 0.717) is 17.0 Å². The van der Waals surface area contributed by atoms with Gasteiger partial charge in [0.15, 0.2) is 0 Å². The van der Waals surface area contributed by atoms with Crippen molar-refractivity contribution < 1.29 is 14.3 Å². The van der Waals surface area contributed by atoms with Gasteiger partial charge in [-0.3, -0.25) is 4.79 Å². The minimum Gasteiger partial charge on any atom is -0.497 e. The van der Waals surface area contributed by atoms with Crippen molar-refractivity contribution in [1.82, 2.24) is 0 Å². The first-order valence-electron chi connectivity index (χ1n) is 10.2. The van der Waals surface area contributed by atoms with Crippen molar-refractivity contribution in [2.75, 3.05) is 12.4 Å². The Kier molecular flexibility index (Phi) is 6.43. The third kappa shape index (κ3) is 4.37. The Balaban J connectivity index is 1.86. The molecule has 1 atom stereocenters. The molecule has 29 heavy (non-hydrogen) atoms. The van der Waals surface area contributed by atoms with E-state index in [1.54, 1.807) is 25.3 Å². The van der Waals surface area contributed by atoms with Crippen LogP contribution in [-0.4, -0.2) is 19.1 Å². The Morgan fingerprint density at radius 2 is 1.83 bits per heavy atom. The normalized spacial score (nSPS) is 15.9. The van der Waals surface area contributed by atoms with Gasteiger partial charge in [-0.15, -0.1) is 0 Å². The topological polar surface area (TPSA) is 71.3 Å². The van der Waals surface area contributed by atoms with Crippen LogP contribution in [0.5, 0.6) is 11.5 Å². The Labute approximate surface area is 172 Å². The van der Waals surface area contributed by atoms with Gasteiger partial charge in [0.05, 0.1) is 29.9 Å². The summed E-state index contributed by atoms with van der Waals surface area (Å²) in [7, 11) is 1.63. The molecule has 2 aromatic rings. The van der Waals surface area contributed by atoms with Crippen molar-refractivity contribution >= 4 is 11.6 Å². The highest BCUT2D eigenvalue weighted by Gasteiger charge is 2.42. The Morgan fingerprint density at radius 1 is 1.17 bits per heavy atom. The molecule has 2 aromatic carbocycles. The number of carbonyl (C=O) groups excluding carboxylic acids is 1. The van der Waals surface area contributed by atoms with Gasteiger partial charge < -0.3 is 14.8 Å². The zero-order valence-electron chi connectivity index (χ0n) is 17.3. The SMILES string of the molecule is CC[C@H](C)Oc1ccc(NC(=O)C2(c3ccc(OC)cc3)CCCC2)c(C#N)c1. The molecule has 5 heteroatoms. The molecule has 1 saturated carbocycles. The van der Waals surface area contributed by atoms with E-state index in [1.807, 2.05) is 38.1 Å². The second-order valence-electron chi connectivity index (χ2n) is 7.63. The standard InChI is InChI=1S/C24H28N2O3/c1-4-17(2)29-21-11-12-22(18(15-21)16-25)26-23(27)24(13-5-6-14-24)19-7-9-20(28-3)10-8-19/h7-12,15,17H,4-6,13-14H2,1-3H3,(H,26,27)/t17-/m0/s1. The molecule has 1 fully saturated rings. The van der Waals surface area contributed by atoms with Gasteiger partial charge in [-0.05, 0) is 56.0 Å². The number of carbonyl (C=O) groups is 1. The summed E-state index contributed by atoms with van der Waals surface area (Å²) in [5, 5.41) is 12.6. The van der Waals surface area contributed by atoms with Gasteiger partial charge >= 0.3 is 0 Å². The lowest BCUT2D eigenvalue weighted by atomic mass is 9.78. The number of hydrogen-bond donors (Lipinski definition) is 1. The maximum Gasteiger partial charge on any atom is 0.235 e. The van der Waals surface area contributed by atoms with Crippen molar-refractivity contribution in [2.24, 2.45) is 0 Å². The zero-order valence-corrected chi connectivity index (χ0v) is 17.3. The lowest BCUT2D eigenvalue weighted by Gasteiger charge is -2.28. The van der Waals surface area contributed by atoms with Gasteiger partial charge in [0.1, 0.15) is 17.6 Å². The summed E-state index contributed by atoms with van der Waals surface area (Å²) in [4.78, 5) is 13.4. The summed E-state index contributed by atoms with van der Waals surface area (Å²) in [5.41, 5.74) is 1.34. The van der Waals surface area contributed by atoms with Gasteiger partial charge in [-0.1, -0.05) is 31.9 Å². The van der Waals surface area contributed by atoms with Crippen LogP contribution < -0.4 is 14.8 Å². The molecule has 3 rings (SSSR count). The molecule has 1 N–H and O–H groups in total. The molecule has 1 amide bonds. The fraction of sp³-hybridized carbons (Fsp3) is 0.417. The predicted molar refractivity (Wildman–Crippen MR) is 113 cm³/mol. The highest BCUT2D eigenvalue weighted by atomic mass is 16.5.